The Balaban J connectivity index is 1.41. The minimum atomic E-state index is -0.289. The predicted octanol–water partition coefficient (Wildman–Crippen LogP) is 6.70. The molecule has 0 aliphatic heterocycles. The van der Waals surface area contributed by atoms with Gasteiger partial charge in [-0.1, -0.05) is 55.1 Å². The normalized spacial score (nSPS) is 14.6. The van der Waals surface area contributed by atoms with E-state index < -0.39 is 0 Å². The second-order valence-electron chi connectivity index (χ2n) is 8.79. The first kappa shape index (κ1) is 23.2. The SMILES string of the molecule is O=c1c2ccccc2nc(C2CCCCC2)n1N=Cc1ccc(OCc2ccc(F)cc2)c(Cl)c1. The van der Waals surface area contributed by atoms with Gasteiger partial charge in [-0.3, -0.25) is 4.79 Å². The maximum absolute atomic E-state index is 13.3. The van der Waals surface area contributed by atoms with Gasteiger partial charge in [0.1, 0.15) is 24.0 Å². The smallest absolute Gasteiger partial charge is 0.282 e. The number of hydrogen-bond acceptors (Lipinski definition) is 4. The molecule has 7 heteroatoms. The van der Waals surface area contributed by atoms with Crippen molar-refractivity contribution in [2.24, 2.45) is 5.10 Å². The van der Waals surface area contributed by atoms with E-state index in [0.717, 1.165) is 42.6 Å². The molecular formula is C28H25ClFN3O2. The van der Waals surface area contributed by atoms with Crippen molar-refractivity contribution in [3.63, 3.8) is 0 Å². The summed E-state index contributed by atoms with van der Waals surface area (Å²) in [5.74, 6) is 1.15. The molecule has 0 amide bonds. The van der Waals surface area contributed by atoms with Crippen molar-refractivity contribution in [2.45, 2.75) is 44.6 Å². The molecule has 1 fully saturated rings. The van der Waals surface area contributed by atoms with Gasteiger partial charge in [-0.05, 0) is 66.4 Å². The quantitative estimate of drug-likeness (QED) is 0.283. The van der Waals surface area contributed by atoms with Gasteiger partial charge in [0.05, 0.1) is 22.1 Å². The molecule has 5 nitrogen and oxygen atoms in total. The lowest BCUT2D eigenvalue weighted by Gasteiger charge is -2.22. The van der Waals surface area contributed by atoms with Crippen LogP contribution in [0.3, 0.4) is 0 Å². The molecule has 4 aromatic rings. The van der Waals surface area contributed by atoms with E-state index in [9.17, 15) is 9.18 Å². The van der Waals surface area contributed by atoms with Gasteiger partial charge in [-0.15, -0.1) is 0 Å². The van der Waals surface area contributed by atoms with E-state index in [4.69, 9.17) is 21.3 Å². The summed E-state index contributed by atoms with van der Waals surface area (Å²) in [4.78, 5) is 18.2. The van der Waals surface area contributed by atoms with Gasteiger partial charge in [0.2, 0.25) is 0 Å². The first-order chi connectivity index (χ1) is 17.1. The van der Waals surface area contributed by atoms with Gasteiger partial charge in [-0.2, -0.15) is 9.78 Å². The standard InChI is InChI=1S/C28H25ClFN3O2/c29-24-16-20(12-15-26(24)35-18-19-10-13-22(30)14-11-19)17-31-33-27(21-6-2-1-3-7-21)32-25-9-5-4-8-23(25)28(33)34/h4-5,8-17,21H,1-3,6-7,18H2. The highest BCUT2D eigenvalue weighted by molar-refractivity contribution is 6.32. The van der Waals surface area contributed by atoms with Crippen molar-refractivity contribution in [3.05, 3.63) is 105 Å². The zero-order chi connectivity index (χ0) is 24.2. The predicted molar refractivity (Wildman–Crippen MR) is 137 cm³/mol. The van der Waals surface area contributed by atoms with Crippen molar-refractivity contribution >= 4 is 28.7 Å². The summed E-state index contributed by atoms with van der Waals surface area (Å²) in [7, 11) is 0. The largest absolute Gasteiger partial charge is 0.487 e. The zero-order valence-corrected chi connectivity index (χ0v) is 19.9. The van der Waals surface area contributed by atoms with E-state index in [-0.39, 0.29) is 23.9 Å². The minimum absolute atomic E-state index is 0.169. The van der Waals surface area contributed by atoms with Crippen LogP contribution in [0.5, 0.6) is 5.75 Å². The summed E-state index contributed by atoms with van der Waals surface area (Å²) < 4.78 is 20.3. The Morgan fingerprint density at radius 1 is 1.06 bits per heavy atom. The van der Waals surface area contributed by atoms with Crippen LogP contribution < -0.4 is 10.3 Å². The molecule has 0 atom stereocenters. The Hall–Kier alpha value is -3.51. The number of fused-ring (bicyclic) bond motifs is 1. The van der Waals surface area contributed by atoms with Crippen LogP contribution in [0, 0.1) is 5.82 Å². The highest BCUT2D eigenvalue weighted by Crippen LogP contribution is 2.32. The van der Waals surface area contributed by atoms with E-state index in [2.05, 4.69) is 5.10 Å². The summed E-state index contributed by atoms with van der Waals surface area (Å²) in [5.41, 5.74) is 2.11. The van der Waals surface area contributed by atoms with Crippen LogP contribution in [0.4, 0.5) is 4.39 Å². The molecule has 5 rings (SSSR count). The third kappa shape index (κ3) is 5.28. The summed E-state index contributed by atoms with van der Waals surface area (Å²) in [6.07, 6.45) is 7.11. The molecule has 1 heterocycles. The second kappa shape index (κ2) is 10.4. The molecule has 0 N–H and O–H groups in total. The second-order valence-corrected chi connectivity index (χ2v) is 9.20. The van der Waals surface area contributed by atoms with E-state index in [1.807, 2.05) is 24.3 Å². The average Bonchev–Trinajstić information content (AvgIpc) is 2.89. The fourth-order valence-electron chi connectivity index (χ4n) is 4.46. The minimum Gasteiger partial charge on any atom is -0.487 e. The van der Waals surface area contributed by atoms with Gasteiger partial charge in [0, 0.05) is 5.92 Å². The Bertz CT molecular complexity index is 1430. The Morgan fingerprint density at radius 3 is 2.60 bits per heavy atom. The number of para-hydroxylation sites is 1. The number of nitrogens with zero attached hydrogens (tertiary/aromatic N) is 3. The molecule has 1 aliphatic rings. The lowest BCUT2D eigenvalue weighted by molar-refractivity contribution is 0.306. The number of hydrogen-bond donors (Lipinski definition) is 0. The molecule has 178 valence electrons. The third-order valence-corrected chi connectivity index (χ3v) is 6.63. The number of benzene rings is 3. The number of rotatable bonds is 6. The zero-order valence-electron chi connectivity index (χ0n) is 19.2. The summed E-state index contributed by atoms with van der Waals surface area (Å²) >= 11 is 6.44. The van der Waals surface area contributed by atoms with Crippen LogP contribution in [0.15, 0.2) is 76.6 Å². The Labute approximate surface area is 207 Å². The van der Waals surface area contributed by atoms with E-state index in [1.165, 1.54) is 23.2 Å². The third-order valence-electron chi connectivity index (χ3n) is 6.33. The molecule has 0 spiro atoms. The summed E-state index contributed by atoms with van der Waals surface area (Å²) in [6, 6.07) is 18.9. The van der Waals surface area contributed by atoms with E-state index in [0.29, 0.717) is 21.7 Å². The van der Waals surface area contributed by atoms with Gasteiger partial charge >= 0.3 is 0 Å². The monoisotopic (exact) mass is 489 g/mol. The van der Waals surface area contributed by atoms with Crippen molar-refractivity contribution in [3.8, 4) is 5.75 Å². The molecule has 3 aromatic carbocycles. The number of aromatic nitrogens is 2. The molecule has 0 bridgehead atoms. The average molecular weight is 490 g/mol. The van der Waals surface area contributed by atoms with Crippen molar-refractivity contribution < 1.29 is 9.13 Å². The number of ether oxygens (including phenoxy) is 1. The Kier molecular flexibility index (Phi) is 6.91. The molecule has 0 radical (unpaired) electrons. The van der Waals surface area contributed by atoms with Crippen molar-refractivity contribution in [1.82, 2.24) is 9.66 Å². The lowest BCUT2D eigenvalue weighted by Crippen LogP contribution is -2.25. The highest BCUT2D eigenvalue weighted by atomic mass is 35.5. The highest BCUT2D eigenvalue weighted by Gasteiger charge is 2.22. The van der Waals surface area contributed by atoms with Gasteiger partial charge in [0.25, 0.3) is 5.56 Å². The fourth-order valence-corrected chi connectivity index (χ4v) is 4.70. The fraction of sp³-hybridized carbons (Fsp3) is 0.250. The molecule has 0 unspecified atom stereocenters. The van der Waals surface area contributed by atoms with Crippen molar-refractivity contribution in [1.29, 1.82) is 0 Å². The first-order valence-electron chi connectivity index (χ1n) is 11.8. The maximum Gasteiger partial charge on any atom is 0.282 e. The maximum atomic E-state index is 13.3. The molecule has 1 aliphatic carbocycles. The van der Waals surface area contributed by atoms with Crippen LogP contribution in [-0.2, 0) is 6.61 Å². The van der Waals surface area contributed by atoms with Gasteiger partial charge in [0.15, 0.2) is 0 Å². The van der Waals surface area contributed by atoms with E-state index >= 15 is 0 Å². The first-order valence-corrected chi connectivity index (χ1v) is 12.2. The summed E-state index contributed by atoms with van der Waals surface area (Å²) in [5, 5.41) is 5.53. The van der Waals surface area contributed by atoms with Crippen molar-refractivity contribution in [2.75, 3.05) is 0 Å². The molecule has 0 saturated heterocycles. The van der Waals surface area contributed by atoms with Crippen LogP contribution >= 0.6 is 11.6 Å². The lowest BCUT2D eigenvalue weighted by atomic mass is 9.88. The van der Waals surface area contributed by atoms with Crippen LogP contribution in [0.1, 0.15) is 55.0 Å². The van der Waals surface area contributed by atoms with Gasteiger partial charge in [-0.25, -0.2) is 9.37 Å². The van der Waals surface area contributed by atoms with Crippen LogP contribution in [0.2, 0.25) is 5.02 Å². The molecule has 1 saturated carbocycles. The Morgan fingerprint density at radius 2 is 1.83 bits per heavy atom. The topological polar surface area (TPSA) is 56.5 Å². The number of halogens is 2. The van der Waals surface area contributed by atoms with E-state index in [1.54, 1.807) is 36.5 Å². The van der Waals surface area contributed by atoms with Crippen LogP contribution in [0.25, 0.3) is 10.9 Å². The van der Waals surface area contributed by atoms with Gasteiger partial charge < -0.3 is 4.74 Å². The molecule has 1 aromatic heterocycles. The van der Waals surface area contributed by atoms with Crippen LogP contribution in [-0.4, -0.2) is 15.9 Å². The summed E-state index contributed by atoms with van der Waals surface area (Å²) in [6.45, 7) is 0.274. The molecule has 35 heavy (non-hydrogen) atoms. The molecular weight excluding hydrogens is 465 g/mol.